The summed E-state index contributed by atoms with van der Waals surface area (Å²) in [5.41, 5.74) is 8.91. The number of hydrogen-bond donors (Lipinski definition) is 0. The maximum Gasteiger partial charge on any atom is 0.253 e. The Morgan fingerprint density at radius 2 is 0.607 bits per heavy atom. The Hall–Kier alpha value is -11.0. The molecular formula is C126H218N12O12. The molecule has 0 aromatic heterocycles. The fraction of sp³-hybridized carbons (Fsp3) is 0.619. The number of anilines is 2. The molecule has 0 saturated carbocycles. The van der Waals surface area contributed by atoms with Crippen LogP contribution in [0.25, 0.3) is 0 Å². The Kier molecular flexibility index (Phi) is 101. The number of benzene rings is 6. The van der Waals surface area contributed by atoms with E-state index in [9.17, 15) is 57.5 Å². The molecule has 854 valence electrons. The lowest BCUT2D eigenvalue weighted by Crippen LogP contribution is -2.34. The molecule has 0 spiro atoms. The highest BCUT2D eigenvalue weighted by Crippen LogP contribution is 2.20. The van der Waals surface area contributed by atoms with Gasteiger partial charge in [0.2, 0.25) is 65.0 Å². The van der Waals surface area contributed by atoms with Crippen molar-refractivity contribution in [1.29, 1.82) is 0 Å². The van der Waals surface area contributed by atoms with Crippen molar-refractivity contribution in [2.75, 3.05) is 141 Å². The first-order valence-electron chi connectivity index (χ1n) is 55.5. The van der Waals surface area contributed by atoms with Gasteiger partial charge in [0, 0.05) is 235 Å². The third-order valence-electron chi connectivity index (χ3n) is 25.5. The topological polar surface area (TPSA) is 244 Å². The van der Waals surface area contributed by atoms with Gasteiger partial charge in [0.25, 0.3) is 5.91 Å². The molecule has 0 aliphatic rings. The zero-order valence-corrected chi connectivity index (χ0v) is 101. The Balaban J connectivity index is -0.000000305. The number of likely N-dealkylation sites (N-methyl/N-ethyl adjacent to an activating group) is 1. The lowest BCUT2D eigenvalue weighted by molar-refractivity contribution is -0.132. The molecule has 24 heteroatoms. The first-order valence-corrected chi connectivity index (χ1v) is 55.5. The number of nitrogens with zero attached hydrogens (tertiary/aromatic N) is 12. The number of rotatable bonds is 48. The van der Waals surface area contributed by atoms with Gasteiger partial charge < -0.3 is 58.8 Å². The molecule has 12 amide bonds. The molecule has 24 nitrogen and oxygen atoms in total. The standard InChI is InChI=1S/C24H41NO.C16H25NO.C16H33NO.C13H27NO.C11H15NO.C10H13NO.2C9H11NO.C5H11NO.3C4H9NO.CH4/c1-4-5-6-12-17-22(2)25(3)24(26)21-16-10-8-7-9-13-18-23-19-14-11-15-20-23;1-5-6-7-14-8-10-15(11-9-14)12-16(18)17(4)13(2)3;1-5-15(3)13-11-9-7-8-10-12-14-17(6-2)16(4)18;1-4-6-7-8-9-10-11-12-14(5-2)13(3)15;1-3-12(10(2)13)9-11-7-5-4-6-8-11;1-8-4-6-10(7-5-8)11(3)9(2)12;1-10(2)9(11)8-6-4-3-5-7-8;1-8(11)10(2)9-6-4-3-5-7-9;1-4-6(3)5(2)7;3*1-4(6)5(2)3;/h11,14-15,19-20,22H,4-10,12-13,16-18,21H2,1-3H3;8-11,13H,5-7,12H2,1-4H3;15H,5-14H2,1-4H3;4-12H2,1-3H3;4-8H,3,9H2,1-2H3;4-7H,1-3H3;2*3-7H,1-2H3;4H2,1-3H3;3*1-3H3;1H4. The number of carbonyl (C=O) groups is 12. The summed E-state index contributed by atoms with van der Waals surface area (Å²) in [6.45, 7) is 47.7. The molecule has 0 N–H and O–H groups in total. The summed E-state index contributed by atoms with van der Waals surface area (Å²) < 4.78 is 0. The van der Waals surface area contributed by atoms with E-state index in [4.69, 9.17) is 0 Å². The van der Waals surface area contributed by atoms with Crippen molar-refractivity contribution >= 4 is 82.3 Å². The van der Waals surface area contributed by atoms with Crippen molar-refractivity contribution in [3.05, 3.63) is 203 Å². The summed E-state index contributed by atoms with van der Waals surface area (Å²) in [5, 5.41) is 0. The summed E-state index contributed by atoms with van der Waals surface area (Å²) in [4.78, 5) is 152. The average molecular weight is 2090 g/mol. The van der Waals surface area contributed by atoms with Crippen LogP contribution in [-0.2, 0) is 78.5 Å². The molecule has 0 radical (unpaired) electrons. The van der Waals surface area contributed by atoms with E-state index in [0.717, 1.165) is 93.4 Å². The van der Waals surface area contributed by atoms with Crippen molar-refractivity contribution in [2.24, 2.45) is 5.92 Å². The van der Waals surface area contributed by atoms with Gasteiger partial charge in [0.15, 0.2) is 0 Å². The zero-order valence-electron chi connectivity index (χ0n) is 101. The number of unbranched alkanes of at least 4 members (excludes halogenated alkanes) is 20. The number of hydrogen-bond acceptors (Lipinski definition) is 12. The number of para-hydroxylation sites is 1. The maximum atomic E-state index is 12.3. The Bertz CT molecular complexity index is 4280. The number of carbonyl (C=O) groups excluding carboxylic acids is 12. The van der Waals surface area contributed by atoms with Crippen molar-refractivity contribution in [2.45, 2.75) is 384 Å². The summed E-state index contributed by atoms with van der Waals surface area (Å²) in [7, 11) is 23.0. The second-order valence-corrected chi connectivity index (χ2v) is 39.4. The first-order chi connectivity index (χ1) is 70.4. The minimum absolute atomic E-state index is 0. The molecular weight excluding hydrogens is 1870 g/mol. The monoisotopic (exact) mass is 2090 g/mol. The van der Waals surface area contributed by atoms with E-state index in [0.29, 0.717) is 24.9 Å². The highest BCUT2D eigenvalue weighted by atomic mass is 16.2. The summed E-state index contributed by atoms with van der Waals surface area (Å²) in [6, 6.07) is 56.5. The second kappa shape index (κ2) is 99.9. The largest absolute Gasteiger partial charge is 0.349 e. The molecule has 2 unspecified atom stereocenters. The molecule has 0 bridgehead atoms. The third-order valence-corrected chi connectivity index (χ3v) is 25.5. The van der Waals surface area contributed by atoms with Crippen LogP contribution >= 0.6 is 0 Å². The highest BCUT2D eigenvalue weighted by molar-refractivity contribution is 5.94. The minimum Gasteiger partial charge on any atom is -0.349 e. The van der Waals surface area contributed by atoms with Crippen molar-refractivity contribution in [3.63, 3.8) is 0 Å². The van der Waals surface area contributed by atoms with Crippen LogP contribution in [0.3, 0.4) is 0 Å². The van der Waals surface area contributed by atoms with Gasteiger partial charge in [-0.1, -0.05) is 322 Å². The molecule has 0 aliphatic carbocycles. The van der Waals surface area contributed by atoms with E-state index < -0.39 is 0 Å². The normalized spacial score (nSPS) is 10.2. The molecule has 0 fully saturated rings. The van der Waals surface area contributed by atoms with Crippen molar-refractivity contribution in [1.82, 2.24) is 49.0 Å². The van der Waals surface area contributed by atoms with Gasteiger partial charge in [-0.2, -0.15) is 0 Å². The maximum absolute atomic E-state index is 12.3. The summed E-state index contributed by atoms with van der Waals surface area (Å²) in [6.07, 6.45) is 39.5. The number of aryl methyl sites for hydroxylation is 3. The minimum atomic E-state index is 0. The zero-order chi connectivity index (χ0) is 115. The molecule has 0 aliphatic heterocycles. The van der Waals surface area contributed by atoms with Crippen LogP contribution in [0.4, 0.5) is 11.4 Å². The van der Waals surface area contributed by atoms with Gasteiger partial charge in [-0.3, -0.25) is 57.5 Å². The second-order valence-electron chi connectivity index (χ2n) is 39.4. The lowest BCUT2D eigenvalue weighted by atomic mass is 10.00. The molecule has 150 heavy (non-hydrogen) atoms. The van der Waals surface area contributed by atoms with Crippen LogP contribution in [0.1, 0.15) is 377 Å². The Morgan fingerprint density at radius 1 is 0.280 bits per heavy atom. The third kappa shape index (κ3) is 89.7. The quantitative estimate of drug-likeness (QED) is 0.0324. The SMILES string of the molecule is C.CC(=O)N(C)C.CC(=O)N(C)C.CC(=O)N(C)C.CC(=O)N(C)c1ccc(C)cc1.CC(=O)N(C)c1ccccc1.CCC(C)CCCCCCCCN(CC)C(C)=O.CCCCCCC(C)N(C)C(=O)CCCCCCCCc1ccccc1.CCCCCCCCCN(CC)C(C)=O.CCCCc1ccc(CC(=O)N(C)C(C)C)cc1.CCN(C)C(C)=O.CCN(Cc1ccccc1)C(C)=O.CN(C)C(=O)c1ccccc1. The van der Waals surface area contributed by atoms with Crippen molar-refractivity contribution < 1.29 is 57.5 Å². The van der Waals surface area contributed by atoms with E-state index in [2.05, 4.69) is 103 Å². The molecule has 6 aromatic rings. The molecule has 6 aromatic carbocycles. The van der Waals surface area contributed by atoms with Crippen LogP contribution < -0.4 is 9.80 Å². The molecule has 0 saturated heterocycles. The van der Waals surface area contributed by atoms with Crippen LogP contribution in [0.5, 0.6) is 0 Å². The fourth-order valence-corrected chi connectivity index (χ4v) is 13.4. The van der Waals surface area contributed by atoms with Crippen LogP contribution in [0.15, 0.2) is 170 Å². The van der Waals surface area contributed by atoms with Gasteiger partial charge in [0.05, 0.1) is 6.42 Å². The van der Waals surface area contributed by atoms with Gasteiger partial charge in [-0.25, -0.2) is 0 Å². The van der Waals surface area contributed by atoms with E-state index in [1.165, 1.54) is 231 Å². The van der Waals surface area contributed by atoms with Crippen LogP contribution in [0.2, 0.25) is 0 Å². The van der Waals surface area contributed by atoms with E-state index in [1.807, 2.05) is 190 Å². The smallest absolute Gasteiger partial charge is 0.253 e. The van der Waals surface area contributed by atoms with E-state index in [1.54, 1.807) is 144 Å². The number of amides is 12. The predicted octanol–water partition coefficient (Wildman–Crippen LogP) is 26.9. The summed E-state index contributed by atoms with van der Waals surface area (Å²) in [5.74, 6) is 2.53. The molecule has 6 rings (SSSR count). The van der Waals surface area contributed by atoms with E-state index in [-0.39, 0.29) is 78.4 Å². The predicted molar refractivity (Wildman–Crippen MR) is 638 cm³/mol. The van der Waals surface area contributed by atoms with Gasteiger partial charge in [-0.05, 0) is 171 Å². The van der Waals surface area contributed by atoms with Crippen molar-refractivity contribution in [3.8, 4) is 0 Å². The van der Waals surface area contributed by atoms with E-state index >= 15 is 0 Å². The van der Waals surface area contributed by atoms with Crippen LogP contribution in [0, 0.1) is 12.8 Å². The summed E-state index contributed by atoms with van der Waals surface area (Å²) >= 11 is 0. The van der Waals surface area contributed by atoms with Gasteiger partial charge >= 0.3 is 0 Å². The van der Waals surface area contributed by atoms with Gasteiger partial charge in [-0.15, -0.1) is 0 Å². The Labute approximate surface area is 917 Å². The van der Waals surface area contributed by atoms with Gasteiger partial charge in [0.1, 0.15) is 0 Å². The fourth-order valence-electron chi connectivity index (χ4n) is 13.4. The Morgan fingerprint density at radius 3 is 0.953 bits per heavy atom. The highest BCUT2D eigenvalue weighted by Gasteiger charge is 2.17. The molecule has 2 atom stereocenters. The molecule has 0 heterocycles. The van der Waals surface area contributed by atoms with Crippen LogP contribution in [-0.4, -0.2) is 263 Å². The lowest BCUT2D eigenvalue weighted by Gasteiger charge is -2.25. The first kappa shape index (κ1) is 152. The average Bonchev–Trinajstić information content (AvgIpc) is 0.867.